The van der Waals surface area contributed by atoms with Gasteiger partial charge in [0.05, 0.1) is 0 Å². The van der Waals surface area contributed by atoms with Gasteiger partial charge < -0.3 is 0 Å². The van der Waals surface area contributed by atoms with Crippen LogP contribution in [0.3, 0.4) is 0 Å². The second kappa shape index (κ2) is 16.8. The minimum atomic E-state index is 0.971. The molecule has 0 heterocycles. The highest BCUT2D eigenvalue weighted by Crippen LogP contribution is 2.24. The first kappa shape index (κ1) is 24.9. The Labute approximate surface area is 177 Å². The van der Waals surface area contributed by atoms with Crippen molar-refractivity contribution in [3.63, 3.8) is 0 Å². The van der Waals surface area contributed by atoms with Gasteiger partial charge in [-0.1, -0.05) is 127 Å². The predicted octanol–water partition coefficient (Wildman–Crippen LogP) is 9.06. The lowest BCUT2D eigenvalue weighted by atomic mass is 9.97. The van der Waals surface area contributed by atoms with E-state index >= 15 is 0 Å². The standard InChI is InChI=1S/C15H33P.C12H10/c1-5-8-10-15(7-3)11-12-16-13-14(4)9-6-2;1-3-7-11(8-4-1)12-9-5-2-6-10-12/h14-16H,5-13H2,1-4H3;1-10H. The second-order valence-corrected chi connectivity index (χ2v) is 9.44. The van der Waals surface area contributed by atoms with Crippen LogP contribution in [0.4, 0.5) is 0 Å². The molecule has 0 aliphatic heterocycles. The second-order valence-electron chi connectivity index (χ2n) is 8.04. The zero-order valence-electron chi connectivity index (χ0n) is 18.8. The molecule has 156 valence electrons. The van der Waals surface area contributed by atoms with Gasteiger partial charge in [0.2, 0.25) is 0 Å². The topological polar surface area (TPSA) is 0 Å². The number of rotatable bonds is 12. The van der Waals surface area contributed by atoms with Crippen LogP contribution in [-0.4, -0.2) is 12.3 Å². The highest BCUT2D eigenvalue weighted by Gasteiger charge is 2.06. The van der Waals surface area contributed by atoms with E-state index in [1.54, 1.807) is 0 Å². The molecule has 0 N–H and O–H groups in total. The smallest absolute Gasteiger partial charge is 0.0184 e. The van der Waals surface area contributed by atoms with Gasteiger partial charge in [-0.15, -0.1) is 8.58 Å². The average molecular weight is 399 g/mol. The normalized spacial score (nSPS) is 13.1. The average Bonchev–Trinajstić information content (AvgIpc) is 2.75. The Balaban J connectivity index is 0.000000289. The maximum Gasteiger partial charge on any atom is -0.0184 e. The molecule has 0 saturated heterocycles. The van der Waals surface area contributed by atoms with Crippen LogP contribution in [-0.2, 0) is 0 Å². The summed E-state index contributed by atoms with van der Waals surface area (Å²) in [6, 6.07) is 20.8. The van der Waals surface area contributed by atoms with Crippen molar-refractivity contribution in [3.05, 3.63) is 60.7 Å². The molecule has 2 aromatic rings. The molecule has 0 spiro atoms. The van der Waals surface area contributed by atoms with Crippen LogP contribution in [0.5, 0.6) is 0 Å². The molecule has 0 bridgehead atoms. The third-order valence-electron chi connectivity index (χ3n) is 5.43. The van der Waals surface area contributed by atoms with E-state index in [-0.39, 0.29) is 0 Å². The monoisotopic (exact) mass is 398 g/mol. The van der Waals surface area contributed by atoms with E-state index in [2.05, 4.69) is 76.2 Å². The van der Waals surface area contributed by atoms with Crippen LogP contribution in [0.2, 0.25) is 0 Å². The summed E-state index contributed by atoms with van der Waals surface area (Å²) < 4.78 is 0. The summed E-state index contributed by atoms with van der Waals surface area (Å²) in [7, 11) is 1.22. The first-order chi connectivity index (χ1) is 13.7. The van der Waals surface area contributed by atoms with Gasteiger partial charge in [0.1, 0.15) is 0 Å². The molecule has 2 aromatic carbocycles. The van der Waals surface area contributed by atoms with Crippen LogP contribution in [0.15, 0.2) is 60.7 Å². The van der Waals surface area contributed by atoms with Crippen molar-refractivity contribution in [2.24, 2.45) is 11.8 Å². The SMILES string of the molecule is CCCCC(CC)CCPCC(C)CCC.c1ccc(-c2ccccc2)cc1. The van der Waals surface area contributed by atoms with Crippen molar-refractivity contribution in [2.75, 3.05) is 12.3 Å². The zero-order valence-corrected chi connectivity index (χ0v) is 19.8. The van der Waals surface area contributed by atoms with Gasteiger partial charge in [0.25, 0.3) is 0 Å². The van der Waals surface area contributed by atoms with E-state index in [0.29, 0.717) is 0 Å². The zero-order chi connectivity index (χ0) is 20.5. The molecule has 3 atom stereocenters. The molecule has 1 heteroatoms. The van der Waals surface area contributed by atoms with E-state index < -0.39 is 0 Å². The summed E-state index contributed by atoms with van der Waals surface area (Å²) in [6.45, 7) is 9.40. The fourth-order valence-electron chi connectivity index (χ4n) is 3.56. The van der Waals surface area contributed by atoms with Gasteiger partial charge in [-0.25, -0.2) is 0 Å². The van der Waals surface area contributed by atoms with E-state index in [1.165, 1.54) is 77.0 Å². The van der Waals surface area contributed by atoms with E-state index in [9.17, 15) is 0 Å². The van der Waals surface area contributed by atoms with Crippen molar-refractivity contribution in [3.8, 4) is 11.1 Å². The van der Waals surface area contributed by atoms with E-state index in [4.69, 9.17) is 0 Å². The van der Waals surface area contributed by atoms with Crippen molar-refractivity contribution < 1.29 is 0 Å². The Hall–Kier alpha value is -1.13. The summed E-state index contributed by atoms with van der Waals surface area (Å²) in [5.41, 5.74) is 2.55. The van der Waals surface area contributed by atoms with Crippen LogP contribution in [0.25, 0.3) is 11.1 Å². The van der Waals surface area contributed by atoms with E-state index in [0.717, 1.165) is 11.8 Å². The van der Waals surface area contributed by atoms with Gasteiger partial charge in [0, 0.05) is 0 Å². The molecule has 0 fully saturated rings. The number of benzene rings is 2. The summed E-state index contributed by atoms with van der Waals surface area (Å²) in [5.74, 6) is 1.99. The Bertz CT molecular complexity index is 526. The fraction of sp³-hybridized carbons (Fsp3) is 0.556. The molecular weight excluding hydrogens is 355 g/mol. The summed E-state index contributed by atoms with van der Waals surface area (Å²) >= 11 is 0. The maximum atomic E-state index is 2.42. The summed E-state index contributed by atoms with van der Waals surface area (Å²) in [5, 5.41) is 0. The number of hydrogen-bond acceptors (Lipinski definition) is 0. The first-order valence-electron chi connectivity index (χ1n) is 11.5. The molecule has 0 amide bonds. The van der Waals surface area contributed by atoms with Crippen molar-refractivity contribution in [2.45, 2.75) is 72.6 Å². The minimum Gasteiger partial charge on any atom is -0.122 e. The lowest BCUT2D eigenvalue weighted by Gasteiger charge is -2.15. The molecule has 28 heavy (non-hydrogen) atoms. The largest absolute Gasteiger partial charge is 0.122 e. The van der Waals surface area contributed by atoms with Crippen molar-refractivity contribution in [1.29, 1.82) is 0 Å². The Morgan fingerprint density at radius 1 is 0.714 bits per heavy atom. The Kier molecular flexibility index (Phi) is 14.9. The van der Waals surface area contributed by atoms with Crippen molar-refractivity contribution >= 4 is 8.58 Å². The third kappa shape index (κ3) is 11.7. The van der Waals surface area contributed by atoms with Gasteiger partial charge in [0.15, 0.2) is 0 Å². The molecule has 0 aromatic heterocycles. The molecular formula is C27H43P. The van der Waals surface area contributed by atoms with E-state index in [1.807, 2.05) is 12.1 Å². The molecule has 3 unspecified atom stereocenters. The molecule has 0 nitrogen and oxygen atoms in total. The minimum absolute atomic E-state index is 0.971. The van der Waals surface area contributed by atoms with Gasteiger partial charge in [-0.2, -0.15) is 0 Å². The van der Waals surface area contributed by atoms with Gasteiger partial charge in [-0.3, -0.25) is 0 Å². The predicted molar refractivity (Wildman–Crippen MR) is 132 cm³/mol. The Morgan fingerprint density at radius 3 is 1.75 bits per heavy atom. The lowest BCUT2D eigenvalue weighted by molar-refractivity contribution is 0.441. The highest BCUT2D eigenvalue weighted by atomic mass is 31.1. The summed E-state index contributed by atoms with van der Waals surface area (Å²) in [4.78, 5) is 0. The molecule has 0 aliphatic carbocycles. The maximum absolute atomic E-state index is 2.42. The fourth-order valence-corrected chi connectivity index (χ4v) is 5.07. The number of hydrogen-bond donors (Lipinski definition) is 0. The van der Waals surface area contributed by atoms with Crippen LogP contribution in [0.1, 0.15) is 72.6 Å². The van der Waals surface area contributed by atoms with Gasteiger partial charge in [-0.05, 0) is 41.7 Å². The van der Waals surface area contributed by atoms with Gasteiger partial charge >= 0.3 is 0 Å². The van der Waals surface area contributed by atoms with Crippen LogP contribution < -0.4 is 0 Å². The van der Waals surface area contributed by atoms with Crippen LogP contribution in [0, 0.1) is 11.8 Å². The molecule has 0 radical (unpaired) electrons. The molecule has 0 saturated carbocycles. The Morgan fingerprint density at radius 2 is 1.29 bits per heavy atom. The number of unbranched alkanes of at least 4 members (excludes halogenated alkanes) is 1. The quantitative estimate of drug-likeness (QED) is 0.247. The lowest BCUT2D eigenvalue weighted by Crippen LogP contribution is -2.02. The van der Waals surface area contributed by atoms with Crippen molar-refractivity contribution in [1.82, 2.24) is 0 Å². The molecule has 2 rings (SSSR count). The highest BCUT2D eigenvalue weighted by molar-refractivity contribution is 7.37. The molecule has 0 aliphatic rings. The van der Waals surface area contributed by atoms with Crippen LogP contribution >= 0.6 is 8.58 Å². The summed E-state index contributed by atoms with van der Waals surface area (Å²) in [6.07, 6.45) is 12.9. The third-order valence-corrected chi connectivity index (χ3v) is 7.06. The first-order valence-corrected chi connectivity index (χ1v) is 12.9.